The summed E-state index contributed by atoms with van der Waals surface area (Å²) in [6.07, 6.45) is 1.53. The predicted octanol–water partition coefficient (Wildman–Crippen LogP) is -0.147. The van der Waals surface area contributed by atoms with Gasteiger partial charge in [-0.15, -0.1) is 10.2 Å². The van der Waals surface area contributed by atoms with Gasteiger partial charge in [0.1, 0.15) is 0 Å². The molecule has 0 aliphatic carbocycles. The number of nitrogens with zero attached hydrogens (tertiary/aromatic N) is 2. The van der Waals surface area contributed by atoms with Gasteiger partial charge in [-0.3, -0.25) is 4.79 Å². The summed E-state index contributed by atoms with van der Waals surface area (Å²) in [5.74, 6) is -0.421. The SMILES string of the molecule is O=C1C=CC(O)N=N1. The van der Waals surface area contributed by atoms with Crippen LogP contribution in [0.25, 0.3) is 0 Å². The van der Waals surface area contributed by atoms with Crippen LogP contribution in [0.4, 0.5) is 0 Å². The first-order valence-corrected chi connectivity index (χ1v) is 2.10. The van der Waals surface area contributed by atoms with Crippen LogP contribution in [0.1, 0.15) is 0 Å². The molecular weight excluding hydrogens is 108 g/mol. The van der Waals surface area contributed by atoms with Crippen molar-refractivity contribution >= 4 is 5.91 Å². The van der Waals surface area contributed by atoms with E-state index in [1.54, 1.807) is 0 Å². The molecule has 4 heteroatoms. The minimum absolute atomic E-state index is 0.421. The highest BCUT2D eigenvalue weighted by molar-refractivity contribution is 5.88. The van der Waals surface area contributed by atoms with Gasteiger partial charge in [0.15, 0.2) is 6.23 Å². The average molecular weight is 112 g/mol. The van der Waals surface area contributed by atoms with E-state index in [0.717, 1.165) is 0 Å². The van der Waals surface area contributed by atoms with Gasteiger partial charge in [-0.2, -0.15) is 0 Å². The second kappa shape index (κ2) is 1.83. The van der Waals surface area contributed by atoms with Crippen molar-refractivity contribution in [1.82, 2.24) is 0 Å². The standard InChI is InChI=1S/C4H4N2O2/c7-3-1-2-4(8)6-5-3/h1-3,7H. The van der Waals surface area contributed by atoms with Crippen molar-refractivity contribution in [2.45, 2.75) is 6.23 Å². The largest absolute Gasteiger partial charge is 0.367 e. The molecule has 0 saturated carbocycles. The van der Waals surface area contributed by atoms with E-state index >= 15 is 0 Å². The third kappa shape index (κ3) is 0.974. The molecule has 8 heavy (non-hydrogen) atoms. The van der Waals surface area contributed by atoms with E-state index in [-0.39, 0.29) is 0 Å². The van der Waals surface area contributed by atoms with Crippen molar-refractivity contribution in [3.05, 3.63) is 12.2 Å². The lowest BCUT2D eigenvalue weighted by molar-refractivity contribution is -0.114. The van der Waals surface area contributed by atoms with Gasteiger partial charge in [0.05, 0.1) is 0 Å². The first-order chi connectivity index (χ1) is 3.79. The Hall–Kier alpha value is -1.03. The van der Waals surface area contributed by atoms with E-state index in [4.69, 9.17) is 5.11 Å². The zero-order valence-corrected chi connectivity index (χ0v) is 3.98. The van der Waals surface area contributed by atoms with Gasteiger partial charge >= 0.3 is 0 Å². The molecule has 1 amide bonds. The monoisotopic (exact) mass is 112 g/mol. The minimum atomic E-state index is -0.923. The Labute approximate surface area is 45.5 Å². The molecule has 1 rings (SSSR count). The minimum Gasteiger partial charge on any atom is -0.367 e. The van der Waals surface area contributed by atoms with E-state index in [0.29, 0.717) is 0 Å². The summed E-state index contributed by atoms with van der Waals surface area (Å²) in [5, 5.41) is 14.7. The van der Waals surface area contributed by atoms with E-state index in [9.17, 15) is 4.79 Å². The first kappa shape index (κ1) is 5.11. The van der Waals surface area contributed by atoms with Crippen LogP contribution in [-0.2, 0) is 4.79 Å². The molecule has 1 unspecified atom stereocenters. The summed E-state index contributed by atoms with van der Waals surface area (Å²) in [7, 11) is 0. The number of aliphatic hydroxyl groups is 1. The summed E-state index contributed by atoms with van der Waals surface area (Å²) in [6.45, 7) is 0. The molecule has 4 nitrogen and oxygen atoms in total. The number of carbonyl (C=O) groups is 1. The van der Waals surface area contributed by atoms with Gasteiger partial charge in [-0.1, -0.05) is 0 Å². The van der Waals surface area contributed by atoms with E-state index in [1.807, 2.05) is 0 Å². The summed E-state index contributed by atoms with van der Waals surface area (Å²) < 4.78 is 0. The topological polar surface area (TPSA) is 62.0 Å². The molecule has 0 saturated heterocycles. The van der Waals surface area contributed by atoms with E-state index in [1.165, 1.54) is 12.2 Å². The van der Waals surface area contributed by atoms with Crippen LogP contribution in [-0.4, -0.2) is 17.2 Å². The smallest absolute Gasteiger partial charge is 0.287 e. The van der Waals surface area contributed by atoms with Gasteiger partial charge in [-0.05, 0) is 6.08 Å². The number of carbonyl (C=O) groups excluding carboxylic acids is 1. The lowest BCUT2D eigenvalue weighted by Crippen LogP contribution is -2.03. The first-order valence-electron chi connectivity index (χ1n) is 2.10. The third-order valence-corrected chi connectivity index (χ3v) is 0.686. The molecule has 1 aliphatic heterocycles. The maximum Gasteiger partial charge on any atom is 0.287 e. The third-order valence-electron chi connectivity index (χ3n) is 0.686. The number of azo groups is 1. The number of aliphatic hydroxyl groups excluding tert-OH is 1. The summed E-state index contributed by atoms with van der Waals surface area (Å²) in [5.41, 5.74) is 0. The van der Waals surface area contributed by atoms with Crippen molar-refractivity contribution in [1.29, 1.82) is 0 Å². The van der Waals surface area contributed by atoms with Crippen LogP contribution < -0.4 is 0 Å². The Kier molecular flexibility index (Phi) is 1.17. The second-order valence-electron chi connectivity index (χ2n) is 1.33. The van der Waals surface area contributed by atoms with Crippen molar-refractivity contribution in [3.8, 4) is 0 Å². The van der Waals surface area contributed by atoms with Gasteiger partial charge in [-0.25, -0.2) is 0 Å². The van der Waals surface area contributed by atoms with Crippen LogP contribution >= 0.6 is 0 Å². The molecule has 1 N–H and O–H groups in total. The number of amides is 1. The lowest BCUT2D eigenvalue weighted by Gasteiger charge is -1.96. The summed E-state index contributed by atoms with van der Waals surface area (Å²) in [6, 6.07) is 0. The van der Waals surface area contributed by atoms with E-state index in [2.05, 4.69) is 10.2 Å². The zero-order chi connectivity index (χ0) is 5.98. The highest BCUT2D eigenvalue weighted by Gasteiger charge is 2.02. The molecule has 1 atom stereocenters. The van der Waals surface area contributed by atoms with Crippen LogP contribution in [0.5, 0.6) is 0 Å². The van der Waals surface area contributed by atoms with E-state index < -0.39 is 12.1 Å². The molecule has 0 radical (unpaired) electrons. The second-order valence-corrected chi connectivity index (χ2v) is 1.33. The Balaban J connectivity index is 2.68. The number of rotatable bonds is 0. The van der Waals surface area contributed by atoms with Crippen molar-refractivity contribution < 1.29 is 9.90 Å². The predicted molar refractivity (Wildman–Crippen MR) is 25.0 cm³/mol. The molecule has 0 aromatic rings. The van der Waals surface area contributed by atoms with Gasteiger partial charge < -0.3 is 5.11 Å². The van der Waals surface area contributed by atoms with Crippen molar-refractivity contribution in [2.24, 2.45) is 10.2 Å². The fourth-order valence-electron chi connectivity index (χ4n) is 0.356. The molecule has 1 heterocycles. The van der Waals surface area contributed by atoms with Crippen LogP contribution in [0.15, 0.2) is 22.4 Å². The molecular formula is C4H4N2O2. The van der Waals surface area contributed by atoms with Crippen molar-refractivity contribution in [3.63, 3.8) is 0 Å². The van der Waals surface area contributed by atoms with Gasteiger partial charge in [0.2, 0.25) is 0 Å². The maximum atomic E-state index is 10.2. The Morgan fingerprint density at radius 3 is 2.88 bits per heavy atom. The fourth-order valence-corrected chi connectivity index (χ4v) is 0.356. The van der Waals surface area contributed by atoms with Gasteiger partial charge in [0.25, 0.3) is 5.91 Å². The zero-order valence-electron chi connectivity index (χ0n) is 3.98. The maximum absolute atomic E-state index is 10.2. The number of hydrogen-bond acceptors (Lipinski definition) is 3. The summed E-state index contributed by atoms with van der Waals surface area (Å²) >= 11 is 0. The molecule has 0 fully saturated rings. The fraction of sp³-hybridized carbons (Fsp3) is 0.250. The molecule has 0 aromatic carbocycles. The molecule has 42 valence electrons. The van der Waals surface area contributed by atoms with Gasteiger partial charge in [0, 0.05) is 6.08 Å². The Bertz CT molecular complexity index is 145. The molecule has 0 aromatic heterocycles. The average Bonchev–Trinajstić information content (AvgIpc) is 1.77. The molecule has 1 aliphatic rings. The normalized spacial score (nSPS) is 26.6. The van der Waals surface area contributed by atoms with Crippen LogP contribution in [0.2, 0.25) is 0 Å². The quantitative estimate of drug-likeness (QED) is 0.473. The van der Waals surface area contributed by atoms with Crippen LogP contribution in [0.3, 0.4) is 0 Å². The Morgan fingerprint density at radius 2 is 2.50 bits per heavy atom. The molecule has 0 bridgehead atoms. The molecule has 0 spiro atoms. The highest BCUT2D eigenvalue weighted by atomic mass is 16.3. The lowest BCUT2D eigenvalue weighted by atomic mass is 10.4. The number of hydrogen-bond donors (Lipinski definition) is 1. The van der Waals surface area contributed by atoms with Crippen molar-refractivity contribution in [2.75, 3.05) is 0 Å². The van der Waals surface area contributed by atoms with Crippen LogP contribution in [0, 0.1) is 0 Å². The highest BCUT2D eigenvalue weighted by Crippen LogP contribution is 1.97. The Morgan fingerprint density at radius 1 is 1.75 bits per heavy atom. The summed E-state index contributed by atoms with van der Waals surface area (Å²) in [4.78, 5) is 10.2.